The molecule has 0 saturated carbocycles. The minimum atomic E-state index is 0.405. The molecule has 1 aromatic heterocycles. The van der Waals surface area contributed by atoms with Crippen molar-refractivity contribution in [3.8, 4) is 0 Å². The van der Waals surface area contributed by atoms with Crippen molar-refractivity contribution in [3.63, 3.8) is 0 Å². The van der Waals surface area contributed by atoms with Crippen LogP contribution in [-0.2, 0) is 4.74 Å². The first-order chi connectivity index (χ1) is 4.40. The van der Waals surface area contributed by atoms with Gasteiger partial charge in [0.1, 0.15) is 0 Å². The maximum Gasteiger partial charge on any atom is 0.340 e. The smallest absolute Gasteiger partial charge is 0.340 e. The molecular formula is C6H4O3. The SMILES string of the molecule is C=CC1=c2oc(o2)=CO1. The Kier molecular flexibility index (Phi) is 0.656. The molecule has 46 valence electrons. The van der Waals surface area contributed by atoms with E-state index in [1.807, 2.05) is 0 Å². The quantitative estimate of drug-likeness (QED) is 0.526. The lowest BCUT2D eigenvalue weighted by atomic mass is 10.5. The third-order valence-electron chi connectivity index (χ3n) is 1.06. The van der Waals surface area contributed by atoms with Crippen LogP contribution >= 0.6 is 0 Å². The number of fused-ring (bicyclic) bond motifs is 2. The summed E-state index contributed by atoms with van der Waals surface area (Å²) in [5, 5.41) is 0. The van der Waals surface area contributed by atoms with Gasteiger partial charge in [0.15, 0.2) is 6.26 Å². The molecule has 1 aromatic rings. The number of hydrogen-bond donors (Lipinski definition) is 0. The normalized spacial score (nSPS) is 14.4. The Morgan fingerprint density at radius 3 is 2.56 bits per heavy atom. The number of rotatable bonds is 1. The van der Waals surface area contributed by atoms with Crippen molar-refractivity contribution >= 4 is 12.0 Å². The lowest BCUT2D eigenvalue weighted by molar-refractivity contribution is 0.117. The second-order valence-corrected chi connectivity index (χ2v) is 1.61. The summed E-state index contributed by atoms with van der Waals surface area (Å²) < 4.78 is 14.7. The van der Waals surface area contributed by atoms with Gasteiger partial charge in [-0.25, -0.2) is 0 Å². The molecule has 0 amide bonds. The first-order valence-corrected chi connectivity index (χ1v) is 2.49. The second-order valence-electron chi connectivity index (χ2n) is 1.61. The molecular weight excluding hydrogens is 120 g/mol. The van der Waals surface area contributed by atoms with Crippen molar-refractivity contribution in [1.82, 2.24) is 0 Å². The van der Waals surface area contributed by atoms with Gasteiger partial charge in [0.25, 0.3) is 0 Å². The summed E-state index contributed by atoms with van der Waals surface area (Å²) in [5.74, 6) is 0.532. The average Bonchev–Trinajstić information content (AvgIpc) is 1.86. The van der Waals surface area contributed by atoms with E-state index in [9.17, 15) is 0 Å². The minimum absolute atomic E-state index is 0.405. The molecule has 0 radical (unpaired) electrons. The van der Waals surface area contributed by atoms with E-state index in [0.29, 0.717) is 17.0 Å². The van der Waals surface area contributed by atoms with E-state index in [4.69, 9.17) is 13.6 Å². The molecule has 3 rings (SSSR count). The van der Waals surface area contributed by atoms with Gasteiger partial charge in [-0.05, 0) is 6.08 Å². The van der Waals surface area contributed by atoms with Crippen molar-refractivity contribution in [3.05, 3.63) is 23.9 Å². The fraction of sp³-hybridized carbons (Fsp3) is 0. The van der Waals surface area contributed by atoms with E-state index in [0.717, 1.165) is 0 Å². The Morgan fingerprint density at radius 1 is 1.44 bits per heavy atom. The summed E-state index contributed by atoms with van der Waals surface area (Å²) in [6.07, 6.45) is 2.92. The van der Waals surface area contributed by atoms with Crippen LogP contribution in [0.4, 0.5) is 0 Å². The van der Waals surface area contributed by atoms with Crippen molar-refractivity contribution in [1.29, 1.82) is 0 Å². The average molecular weight is 124 g/mol. The highest BCUT2D eigenvalue weighted by atomic mass is 16.6. The van der Waals surface area contributed by atoms with E-state index in [2.05, 4.69) is 6.58 Å². The standard InChI is InChI=1S/C6H4O3/c1-2-4-6-8-5(9-6)3-7-4/h2-3H,1H2. The summed E-state index contributed by atoms with van der Waals surface area (Å²) >= 11 is 0. The van der Waals surface area contributed by atoms with Gasteiger partial charge in [-0.15, -0.1) is 0 Å². The summed E-state index contributed by atoms with van der Waals surface area (Å²) in [6.45, 7) is 3.49. The van der Waals surface area contributed by atoms with Gasteiger partial charge >= 0.3 is 11.2 Å². The molecule has 3 nitrogen and oxygen atoms in total. The summed E-state index contributed by atoms with van der Waals surface area (Å²) in [6, 6.07) is 0. The van der Waals surface area contributed by atoms with Gasteiger partial charge in [-0.1, -0.05) is 6.58 Å². The summed E-state index contributed by atoms with van der Waals surface area (Å²) in [5.41, 5.74) is 0.818. The molecule has 0 aliphatic carbocycles. The van der Waals surface area contributed by atoms with Crippen molar-refractivity contribution < 1.29 is 13.6 Å². The highest BCUT2D eigenvalue weighted by Gasteiger charge is 2.08. The molecule has 0 atom stereocenters. The number of hydrogen-bond acceptors (Lipinski definition) is 3. The van der Waals surface area contributed by atoms with E-state index >= 15 is 0 Å². The van der Waals surface area contributed by atoms with Crippen LogP contribution in [0.25, 0.3) is 12.0 Å². The van der Waals surface area contributed by atoms with Gasteiger partial charge in [-0.3, -0.25) is 0 Å². The van der Waals surface area contributed by atoms with Crippen LogP contribution in [0.5, 0.6) is 0 Å². The monoisotopic (exact) mass is 124 g/mol. The molecule has 0 aromatic carbocycles. The molecule has 3 heterocycles. The van der Waals surface area contributed by atoms with Crippen molar-refractivity contribution in [2.45, 2.75) is 0 Å². The number of ether oxygens (including phenoxy) is 1. The third-order valence-corrected chi connectivity index (χ3v) is 1.06. The van der Waals surface area contributed by atoms with E-state index in [-0.39, 0.29) is 0 Å². The molecule has 3 heteroatoms. The molecule has 0 unspecified atom stereocenters. The molecule has 2 aliphatic rings. The maximum atomic E-state index is 4.94. The van der Waals surface area contributed by atoms with Crippen LogP contribution in [-0.4, -0.2) is 0 Å². The zero-order valence-electron chi connectivity index (χ0n) is 4.59. The van der Waals surface area contributed by atoms with E-state index in [1.165, 1.54) is 12.3 Å². The topological polar surface area (TPSA) is 35.5 Å². The predicted molar refractivity (Wildman–Crippen MR) is 29.4 cm³/mol. The Balaban J connectivity index is 2.71. The highest BCUT2D eigenvalue weighted by Crippen LogP contribution is 2.00. The zero-order valence-corrected chi connectivity index (χ0v) is 4.59. The Labute approximate surface area is 50.5 Å². The molecule has 0 saturated heterocycles. The molecule has 9 heavy (non-hydrogen) atoms. The van der Waals surface area contributed by atoms with E-state index < -0.39 is 0 Å². The van der Waals surface area contributed by atoms with E-state index in [1.54, 1.807) is 0 Å². The molecule has 0 spiro atoms. The zero-order chi connectivity index (χ0) is 6.27. The summed E-state index contributed by atoms with van der Waals surface area (Å²) in [7, 11) is 0. The second kappa shape index (κ2) is 1.31. The lowest BCUT2D eigenvalue weighted by Crippen LogP contribution is -2.28. The minimum Gasteiger partial charge on any atom is -0.450 e. The molecule has 0 fully saturated rings. The molecule has 2 bridgehead atoms. The van der Waals surface area contributed by atoms with Crippen LogP contribution in [0, 0.1) is 0 Å². The van der Waals surface area contributed by atoms with Gasteiger partial charge in [-0.2, -0.15) is 0 Å². The van der Waals surface area contributed by atoms with Crippen LogP contribution in [0.3, 0.4) is 0 Å². The summed E-state index contributed by atoms with van der Waals surface area (Å²) in [4.78, 5) is 0. The first-order valence-electron chi connectivity index (χ1n) is 2.49. The van der Waals surface area contributed by atoms with Gasteiger partial charge in [0.2, 0.25) is 5.76 Å². The predicted octanol–water partition coefficient (Wildman–Crippen LogP) is -0.0650. The molecule has 0 N–H and O–H groups in total. The van der Waals surface area contributed by atoms with Gasteiger partial charge < -0.3 is 13.6 Å². The third kappa shape index (κ3) is 0.455. The highest BCUT2D eigenvalue weighted by molar-refractivity contribution is 5.48. The molecule has 2 aliphatic heterocycles. The maximum absolute atomic E-state index is 4.94. The Bertz CT molecular complexity index is 320. The largest absolute Gasteiger partial charge is 0.450 e. The van der Waals surface area contributed by atoms with Crippen molar-refractivity contribution in [2.75, 3.05) is 0 Å². The van der Waals surface area contributed by atoms with Gasteiger partial charge in [0, 0.05) is 0 Å². The Hall–Kier alpha value is -1.38. The van der Waals surface area contributed by atoms with Crippen LogP contribution < -0.4 is 11.2 Å². The van der Waals surface area contributed by atoms with Crippen LogP contribution in [0.15, 0.2) is 21.5 Å². The van der Waals surface area contributed by atoms with Crippen LogP contribution in [0.2, 0.25) is 0 Å². The Morgan fingerprint density at radius 2 is 2.22 bits per heavy atom. The fourth-order valence-electron chi connectivity index (χ4n) is 0.630. The first kappa shape index (κ1) is 4.49. The lowest BCUT2D eigenvalue weighted by Gasteiger charge is -2.04. The van der Waals surface area contributed by atoms with Crippen LogP contribution in [0.1, 0.15) is 0 Å². The van der Waals surface area contributed by atoms with Crippen molar-refractivity contribution in [2.24, 2.45) is 0 Å². The fourth-order valence-corrected chi connectivity index (χ4v) is 0.630. The van der Waals surface area contributed by atoms with Gasteiger partial charge in [0.05, 0.1) is 0 Å².